The summed E-state index contributed by atoms with van der Waals surface area (Å²) >= 11 is 1.51. The number of aromatic nitrogens is 1. The Bertz CT molecular complexity index is 323. The molecule has 16 heavy (non-hydrogen) atoms. The van der Waals surface area contributed by atoms with Gasteiger partial charge < -0.3 is 10.5 Å². The van der Waals surface area contributed by atoms with Crippen LogP contribution in [0.4, 0.5) is 5.13 Å². The largest absolute Gasteiger partial charge is 0.377 e. The monoisotopic (exact) mass is 241 g/mol. The zero-order valence-electron chi connectivity index (χ0n) is 9.69. The van der Waals surface area contributed by atoms with Crippen LogP contribution < -0.4 is 5.73 Å². The first-order valence-corrected chi connectivity index (χ1v) is 6.69. The maximum absolute atomic E-state index is 5.64. The van der Waals surface area contributed by atoms with Crippen LogP contribution in [0.15, 0.2) is 5.38 Å². The zero-order valence-corrected chi connectivity index (χ0v) is 10.5. The second-order valence-electron chi connectivity index (χ2n) is 4.14. The van der Waals surface area contributed by atoms with E-state index in [1.165, 1.54) is 24.2 Å². The van der Waals surface area contributed by atoms with Crippen molar-refractivity contribution in [1.29, 1.82) is 0 Å². The second-order valence-corrected chi connectivity index (χ2v) is 5.03. The fourth-order valence-electron chi connectivity index (χ4n) is 2.01. The molecule has 0 bridgehead atoms. The molecule has 5 heteroatoms. The fourth-order valence-corrected chi connectivity index (χ4v) is 2.56. The van der Waals surface area contributed by atoms with Gasteiger partial charge in [0.05, 0.1) is 11.8 Å². The summed E-state index contributed by atoms with van der Waals surface area (Å²) in [6.07, 6.45) is 2.80. The van der Waals surface area contributed by atoms with Gasteiger partial charge in [0.15, 0.2) is 5.13 Å². The van der Waals surface area contributed by atoms with Crippen molar-refractivity contribution in [3.63, 3.8) is 0 Å². The smallest absolute Gasteiger partial charge is 0.180 e. The Hall–Kier alpha value is -0.650. The lowest BCUT2D eigenvalue weighted by Gasteiger charge is -2.22. The summed E-state index contributed by atoms with van der Waals surface area (Å²) in [7, 11) is 0. The third-order valence-corrected chi connectivity index (χ3v) is 3.61. The first-order valence-electron chi connectivity index (χ1n) is 5.81. The Balaban J connectivity index is 1.84. The molecule has 1 atom stereocenters. The first-order chi connectivity index (χ1) is 7.78. The second kappa shape index (κ2) is 5.61. The lowest BCUT2D eigenvalue weighted by molar-refractivity contribution is 0.0722. The maximum atomic E-state index is 5.64. The Kier molecular flexibility index (Phi) is 4.15. The molecule has 1 unspecified atom stereocenters. The van der Waals surface area contributed by atoms with E-state index in [9.17, 15) is 0 Å². The van der Waals surface area contributed by atoms with Crippen LogP contribution in [-0.2, 0) is 11.3 Å². The molecule has 1 aliphatic rings. The molecular weight excluding hydrogens is 222 g/mol. The highest BCUT2D eigenvalue weighted by Crippen LogP contribution is 2.16. The van der Waals surface area contributed by atoms with Gasteiger partial charge in [0.2, 0.25) is 0 Å². The number of nitrogen functional groups attached to an aromatic ring is 1. The number of hydrogen-bond acceptors (Lipinski definition) is 5. The van der Waals surface area contributed by atoms with E-state index in [1.807, 2.05) is 5.38 Å². The maximum Gasteiger partial charge on any atom is 0.180 e. The number of likely N-dealkylation sites (N-methyl/N-ethyl adjacent to an activating group) is 1. The molecule has 0 amide bonds. The lowest BCUT2D eigenvalue weighted by Crippen LogP contribution is -2.31. The van der Waals surface area contributed by atoms with Crippen LogP contribution in [0.1, 0.15) is 25.5 Å². The first kappa shape index (κ1) is 11.8. The highest BCUT2D eigenvalue weighted by Gasteiger charge is 2.18. The number of thiazole rings is 1. The minimum atomic E-state index is 0.413. The molecule has 1 fully saturated rings. The van der Waals surface area contributed by atoms with E-state index in [4.69, 9.17) is 10.5 Å². The molecule has 1 aromatic rings. The van der Waals surface area contributed by atoms with Crippen molar-refractivity contribution < 1.29 is 4.74 Å². The number of rotatable bonds is 5. The average Bonchev–Trinajstić information content (AvgIpc) is 2.89. The normalized spacial score (nSPS) is 20.8. The molecule has 2 rings (SSSR count). The van der Waals surface area contributed by atoms with E-state index in [0.717, 1.165) is 31.9 Å². The number of ether oxygens (including phenoxy) is 1. The predicted octanol–water partition coefficient (Wildman–Crippen LogP) is 1.73. The van der Waals surface area contributed by atoms with Crippen LogP contribution in [0, 0.1) is 0 Å². The van der Waals surface area contributed by atoms with Crippen LogP contribution in [-0.4, -0.2) is 35.7 Å². The molecule has 90 valence electrons. The van der Waals surface area contributed by atoms with Gasteiger partial charge in [-0.15, -0.1) is 11.3 Å². The van der Waals surface area contributed by atoms with Crippen molar-refractivity contribution in [3.05, 3.63) is 11.1 Å². The molecule has 2 N–H and O–H groups in total. The Labute approximate surface area is 100 Å². The van der Waals surface area contributed by atoms with Crippen molar-refractivity contribution in [3.8, 4) is 0 Å². The topological polar surface area (TPSA) is 51.4 Å². The number of nitrogens with two attached hydrogens (primary N) is 1. The van der Waals surface area contributed by atoms with Crippen molar-refractivity contribution in [2.24, 2.45) is 0 Å². The molecule has 2 heterocycles. The number of hydrogen-bond donors (Lipinski definition) is 1. The van der Waals surface area contributed by atoms with Gasteiger partial charge in [0, 0.05) is 25.1 Å². The average molecular weight is 241 g/mol. The van der Waals surface area contributed by atoms with E-state index >= 15 is 0 Å². The third kappa shape index (κ3) is 3.17. The summed E-state index contributed by atoms with van der Waals surface area (Å²) in [6.45, 7) is 6.01. The van der Waals surface area contributed by atoms with Gasteiger partial charge in [-0.05, 0) is 19.4 Å². The Morgan fingerprint density at radius 2 is 2.56 bits per heavy atom. The molecule has 1 aromatic heterocycles. The molecule has 1 saturated heterocycles. The van der Waals surface area contributed by atoms with Crippen LogP contribution in [0.25, 0.3) is 0 Å². The van der Waals surface area contributed by atoms with E-state index in [2.05, 4.69) is 16.8 Å². The third-order valence-electron chi connectivity index (χ3n) is 2.89. The van der Waals surface area contributed by atoms with Crippen LogP contribution >= 0.6 is 11.3 Å². The highest BCUT2D eigenvalue weighted by atomic mass is 32.1. The van der Waals surface area contributed by atoms with Crippen LogP contribution in [0.2, 0.25) is 0 Å². The van der Waals surface area contributed by atoms with E-state index in [-0.39, 0.29) is 0 Å². The predicted molar refractivity (Wildman–Crippen MR) is 66.5 cm³/mol. The lowest BCUT2D eigenvalue weighted by atomic mass is 10.2. The number of anilines is 1. The summed E-state index contributed by atoms with van der Waals surface area (Å²) in [4.78, 5) is 6.65. The SMILES string of the molecule is CCN(Cc1csc(N)n1)CC1CCCO1. The van der Waals surface area contributed by atoms with Crippen molar-refractivity contribution >= 4 is 16.5 Å². The van der Waals surface area contributed by atoms with Crippen LogP contribution in [0.5, 0.6) is 0 Å². The van der Waals surface area contributed by atoms with Gasteiger partial charge in [0.1, 0.15) is 0 Å². The molecule has 0 radical (unpaired) electrons. The Morgan fingerprint density at radius 1 is 1.69 bits per heavy atom. The Morgan fingerprint density at radius 3 is 3.12 bits per heavy atom. The van der Waals surface area contributed by atoms with Crippen molar-refractivity contribution in [2.75, 3.05) is 25.4 Å². The van der Waals surface area contributed by atoms with Crippen molar-refractivity contribution in [2.45, 2.75) is 32.4 Å². The van der Waals surface area contributed by atoms with Crippen molar-refractivity contribution in [1.82, 2.24) is 9.88 Å². The van der Waals surface area contributed by atoms with E-state index < -0.39 is 0 Å². The minimum absolute atomic E-state index is 0.413. The zero-order chi connectivity index (χ0) is 11.4. The van der Waals surface area contributed by atoms with Gasteiger partial charge in [-0.3, -0.25) is 4.90 Å². The van der Waals surface area contributed by atoms with Gasteiger partial charge in [0.25, 0.3) is 0 Å². The van der Waals surface area contributed by atoms with Crippen LogP contribution in [0.3, 0.4) is 0 Å². The summed E-state index contributed by atoms with van der Waals surface area (Å²) in [5.74, 6) is 0. The summed E-state index contributed by atoms with van der Waals surface area (Å²) in [6, 6.07) is 0. The summed E-state index contributed by atoms with van der Waals surface area (Å²) < 4.78 is 5.64. The minimum Gasteiger partial charge on any atom is -0.377 e. The van der Waals surface area contributed by atoms with E-state index in [1.54, 1.807) is 0 Å². The van der Waals surface area contributed by atoms with E-state index in [0.29, 0.717) is 11.2 Å². The van der Waals surface area contributed by atoms with Gasteiger partial charge in [-0.25, -0.2) is 4.98 Å². The molecule has 1 aliphatic heterocycles. The summed E-state index contributed by atoms with van der Waals surface area (Å²) in [5.41, 5.74) is 6.70. The summed E-state index contributed by atoms with van der Waals surface area (Å²) in [5, 5.41) is 2.69. The molecular formula is C11H19N3OS. The number of nitrogens with zero attached hydrogens (tertiary/aromatic N) is 2. The molecule has 0 aliphatic carbocycles. The molecule has 0 spiro atoms. The van der Waals surface area contributed by atoms with Gasteiger partial charge in [-0.1, -0.05) is 6.92 Å². The molecule has 0 saturated carbocycles. The highest BCUT2D eigenvalue weighted by molar-refractivity contribution is 7.13. The quantitative estimate of drug-likeness (QED) is 0.853. The molecule has 4 nitrogen and oxygen atoms in total. The van der Waals surface area contributed by atoms with Gasteiger partial charge in [-0.2, -0.15) is 0 Å². The van der Waals surface area contributed by atoms with Gasteiger partial charge >= 0.3 is 0 Å². The fraction of sp³-hybridized carbons (Fsp3) is 0.727. The molecule has 0 aromatic carbocycles. The standard InChI is InChI=1S/C11H19N3OS/c1-2-14(7-10-4-3-5-15-10)6-9-8-16-11(12)13-9/h8,10H,2-7H2,1H3,(H2,12,13).